The molecule has 7 heteroatoms. The summed E-state index contributed by atoms with van der Waals surface area (Å²) >= 11 is 3.00. The molecule has 0 radical (unpaired) electrons. The SMILES string of the molecule is O=C(O)C(Nc1cc(Br)cc(C(F)(F)F)c1)C1CC1. The van der Waals surface area contributed by atoms with Crippen LogP contribution in [0.4, 0.5) is 18.9 Å². The Hall–Kier alpha value is -1.24. The third kappa shape index (κ3) is 3.62. The van der Waals surface area contributed by atoms with Crippen molar-refractivity contribution in [3.63, 3.8) is 0 Å². The number of aliphatic carboxylic acids is 1. The van der Waals surface area contributed by atoms with Gasteiger partial charge in [-0.05, 0) is 37.0 Å². The molecule has 1 atom stereocenters. The summed E-state index contributed by atoms with van der Waals surface area (Å²) in [6.45, 7) is 0. The van der Waals surface area contributed by atoms with Gasteiger partial charge in [-0.2, -0.15) is 13.2 Å². The van der Waals surface area contributed by atoms with Crippen molar-refractivity contribution >= 4 is 27.6 Å². The highest BCUT2D eigenvalue weighted by Gasteiger charge is 2.37. The molecular formula is C12H11BrF3NO2. The maximum absolute atomic E-state index is 12.6. The van der Waals surface area contributed by atoms with Gasteiger partial charge in [0, 0.05) is 10.2 Å². The smallest absolute Gasteiger partial charge is 0.416 e. The number of alkyl halides is 3. The van der Waals surface area contributed by atoms with Gasteiger partial charge in [0.25, 0.3) is 0 Å². The third-order valence-electron chi connectivity index (χ3n) is 2.91. The van der Waals surface area contributed by atoms with Gasteiger partial charge in [0.2, 0.25) is 0 Å². The van der Waals surface area contributed by atoms with Crippen molar-refractivity contribution in [1.29, 1.82) is 0 Å². The molecule has 1 aromatic rings. The normalized spacial score (nSPS) is 17.1. The average molecular weight is 338 g/mol. The molecule has 2 N–H and O–H groups in total. The fraction of sp³-hybridized carbons (Fsp3) is 0.417. The number of carboxylic acids is 1. The second-order valence-corrected chi connectivity index (χ2v) is 5.44. The first kappa shape index (κ1) is 14.2. The quantitative estimate of drug-likeness (QED) is 0.879. The van der Waals surface area contributed by atoms with Crippen molar-refractivity contribution in [2.24, 2.45) is 5.92 Å². The van der Waals surface area contributed by atoms with E-state index < -0.39 is 23.8 Å². The first-order valence-corrected chi connectivity index (χ1v) is 6.44. The second kappa shape index (κ2) is 5.03. The molecule has 0 aromatic heterocycles. The van der Waals surface area contributed by atoms with Gasteiger partial charge in [-0.1, -0.05) is 15.9 Å². The van der Waals surface area contributed by atoms with Crippen LogP contribution in [-0.2, 0) is 11.0 Å². The second-order valence-electron chi connectivity index (χ2n) is 4.52. The minimum absolute atomic E-state index is 0.00850. The summed E-state index contributed by atoms with van der Waals surface area (Å²) in [6.07, 6.45) is -2.90. The van der Waals surface area contributed by atoms with Gasteiger partial charge >= 0.3 is 12.1 Å². The number of nitrogens with one attached hydrogen (secondary N) is 1. The number of carboxylic acid groups (broad SMARTS) is 1. The van der Waals surface area contributed by atoms with Crippen LogP contribution in [0.15, 0.2) is 22.7 Å². The molecule has 0 amide bonds. The van der Waals surface area contributed by atoms with Gasteiger partial charge in [0.1, 0.15) is 6.04 Å². The van der Waals surface area contributed by atoms with Crippen molar-refractivity contribution in [2.75, 3.05) is 5.32 Å². The molecule has 0 spiro atoms. The van der Waals surface area contributed by atoms with Gasteiger partial charge in [-0.3, -0.25) is 0 Å². The van der Waals surface area contributed by atoms with Crippen LogP contribution in [0, 0.1) is 5.92 Å². The van der Waals surface area contributed by atoms with Crippen molar-refractivity contribution in [1.82, 2.24) is 0 Å². The molecule has 1 aliphatic rings. The van der Waals surface area contributed by atoms with Crippen molar-refractivity contribution < 1.29 is 23.1 Å². The largest absolute Gasteiger partial charge is 0.480 e. The van der Waals surface area contributed by atoms with Crippen LogP contribution in [0.3, 0.4) is 0 Å². The zero-order valence-corrected chi connectivity index (χ0v) is 11.3. The molecule has 0 bridgehead atoms. The lowest BCUT2D eigenvalue weighted by Crippen LogP contribution is -2.31. The summed E-state index contributed by atoms with van der Waals surface area (Å²) in [5.41, 5.74) is -0.662. The van der Waals surface area contributed by atoms with E-state index in [1.54, 1.807) is 0 Å². The predicted molar refractivity (Wildman–Crippen MR) is 66.9 cm³/mol. The fourth-order valence-corrected chi connectivity index (χ4v) is 2.32. The Labute approximate surface area is 115 Å². The minimum atomic E-state index is -4.46. The average Bonchev–Trinajstić information content (AvgIpc) is 3.07. The Morgan fingerprint density at radius 2 is 2.00 bits per heavy atom. The first-order valence-electron chi connectivity index (χ1n) is 5.64. The molecule has 3 nitrogen and oxygen atoms in total. The number of hydrogen-bond donors (Lipinski definition) is 2. The first-order chi connectivity index (χ1) is 8.77. The molecule has 1 unspecified atom stereocenters. The van der Waals surface area contributed by atoms with Gasteiger partial charge in [-0.25, -0.2) is 4.79 Å². The predicted octanol–water partition coefficient (Wildman–Crippen LogP) is 3.74. The van der Waals surface area contributed by atoms with Crippen molar-refractivity contribution in [2.45, 2.75) is 25.1 Å². The summed E-state index contributed by atoms with van der Waals surface area (Å²) in [4.78, 5) is 11.1. The van der Waals surface area contributed by atoms with Crippen LogP contribution in [0.5, 0.6) is 0 Å². The highest BCUT2D eigenvalue weighted by molar-refractivity contribution is 9.10. The number of rotatable bonds is 4. The van der Waals surface area contributed by atoms with Crippen LogP contribution in [0.1, 0.15) is 18.4 Å². The van der Waals surface area contributed by atoms with Crippen LogP contribution in [0.2, 0.25) is 0 Å². The monoisotopic (exact) mass is 337 g/mol. The van der Waals surface area contributed by atoms with Crippen LogP contribution in [0.25, 0.3) is 0 Å². The molecule has 104 valence electrons. The van der Waals surface area contributed by atoms with E-state index in [0.717, 1.165) is 25.0 Å². The van der Waals surface area contributed by atoms with E-state index >= 15 is 0 Å². The number of carbonyl (C=O) groups is 1. The minimum Gasteiger partial charge on any atom is -0.480 e. The molecule has 1 aliphatic carbocycles. The van der Waals surface area contributed by atoms with E-state index in [4.69, 9.17) is 5.11 Å². The highest BCUT2D eigenvalue weighted by atomic mass is 79.9. The molecule has 0 saturated heterocycles. The number of anilines is 1. The van der Waals surface area contributed by atoms with Gasteiger partial charge in [0.15, 0.2) is 0 Å². The maximum Gasteiger partial charge on any atom is 0.416 e. The van der Waals surface area contributed by atoms with Gasteiger partial charge in [-0.15, -0.1) is 0 Å². The van der Waals surface area contributed by atoms with Gasteiger partial charge in [0.05, 0.1) is 5.56 Å². The van der Waals surface area contributed by atoms with Crippen molar-refractivity contribution in [3.8, 4) is 0 Å². The lowest BCUT2D eigenvalue weighted by molar-refractivity contribution is -0.138. The Morgan fingerprint density at radius 1 is 1.37 bits per heavy atom. The summed E-state index contributed by atoms with van der Waals surface area (Å²) < 4.78 is 38.2. The molecular weight excluding hydrogens is 327 g/mol. The van der Waals surface area contributed by atoms with E-state index in [1.807, 2.05) is 0 Å². The number of hydrogen-bond acceptors (Lipinski definition) is 2. The topological polar surface area (TPSA) is 49.3 Å². The van der Waals surface area contributed by atoms with E-state index in [9.17, 15) is 18.0 Å². The number of halogens is 4. The molecule has 19 heavy (non-hydrogen) atoms. The molecule has 1 aromatic carbocycles. The number of benzene rings is 1. The Balaban J connectivity index is 2.24. The Morgan fingerprint density at radius 3 is 2.47 bits per heavy atom. The summed E-state index contributed by atoms with van der Waals surface area (Å²) in [5, 5.41) is 11.7. The van der Waals surface area contributed by atoms with E-state index in [2.05, 4.69) is 21.2 Å². The molecule has 2 rings (SSSR count). The van der Waals surface area contributed by atoms with E-state index in [1.165, 1.54) is 6.07 Å². The molecule has 0 aliphatic heterocycles. The molecule has 0 heterocycles. The lowest BCUT2D eigenvalue weighted by Gasteiger charge is -2.17. The highest BCUT2D eigenvalue weighted by Crippen LogP contribution is 2.37. The maximum atomic E-state index is 12.6. The standard InChI is InChI=1S/C12H11BrF3NO2/c13-8-3-7(12(14,15)16)4-9(5-8)17-10(11(18)19)6-1-2-6/h3-6,10,17H,1-2H2,(H,18,19). The van der Waals surface area contributed by atoms with Crippen LogP contribution >= 0.6 is 15.9 Å². The van der Waals surface area contributed by atoms with Crippen LogP contribution < -0.4 is 5.32 Å². The van der Waals surface area contributed by atoms with Gasteiger partial charge < -0.3 is 10.4 Å². The summed E-state index contributed by atoms with van der Waals surface area (Å²) in [7, 11) is 0. The van der Waals surface area contributed by atoms with E-state index in [0.29, 0.717) is 0 Å². The zero-order chi connectivity index (χ0) is 14.2. The Bertz CT molecular complexity index is 500. The van der Waals surface area contributed by atoms with Crippen LogP contribution in [-0.4, -0.2) is 17.1 Å². The fourth-order valence-electron chi connectivity index (χ4n) is 1.83. The van der Waals surface area contributed by atoms with E-state index in [-0.39, 0.29) is 16.1 Å². The Kier molecular flexibility index (Phi) is 3.75. The summed E-state index contributed by atoms with van der Waals surface area (Å²) in [6, 6.07) is 2.48. The van der Waals surface area contributed by atoms with Crippen molar-refractivity contribution in [3.05, 3.63) is 28.2 Å². The third-order valence-corrected chi connectivity index (χ3v) is 3.36. The molecule has 1 fully saturated rings. The zero-order valence-electron chi connectivity index (χ0n) is 9.67. The molecule has 1 saturated carbocycles. The summed E-state index contributed by atoms with van der Waals surface area (Å²) in [5.74, 6) is -1.05. The lowest BCUT2D eigenvalue weighted by atomic mass is 10.1.